The van der Waals surface area contributed by atoms with Crippen molar-refractivity contribution < 1.29 is 8.78 Å². The lowest BCUT2D eigenvalue weighted by molar-refractivity contribution is 0.282. The Morgan fingerprint density at radius 1 is 1.09 bits per heavy atom. The molecule has 0 saturated carbocycles. The van der Waals surface area contributed by atoms with Gasteiger partial charge in [-0.3, -0.25) is 0 Å². The molecule has 0 amide bonds. The smallest absolute Gasteiger partial charge is 0.170 e. The normalized spacial score (nSPS) is 16.1. The zero-order valence-electron chi connectivity index (χ0n) is 12.7. The number of halogens is 2. The van der Waals surface area contributed by atoms with E-state index in [9.17, 15) is 8.78 Å². The van der Waals surface area contributed by atoms with Crippen LogP contribution < -0.4 is 10.6 Å². The van der Waals surface area contributed by atoms with E-state index in [2.05, 4.69) is 15.5 Å². The van der Waals surface area contributed by atoms with Crippen molar-refractivity contribution in [3.63, 3.8) is 0 Å². The maximum atomic E-state index is 13.5. The summed E-state index contributed by atoms with van der Waals surface area (Å²) in [6.07, 6.45) is 6.18. The molecule has 1 saturated heterocycles. The first-order valence-corrected chi connectivity index (χ1v) is 8.29. The Morgan fingerprint density at radius 2 is 1.73 bits per heavy atom. The first-order chi connectivity index (χ1) is 10.7. The van der Waals surface area contributed by atoms with E-state index < -0.39 is 11.6 Å². The van der Waals surface area contributed by atoms with Crippen LogP contribution in [0.4, 0.5) is 14.5 Å². The second-order valence-corrected chi connectivity index (χ2v) is 6.00. The van der Waals surface area contributed by atoms with E-state index in [4.69, 9.17) is 12.2 Å². The van der Waals surface area contributed by atoms with Crippen molar-refractivity contribution >= 4 is 23.0 Å². The zero-order chi connectivity index (χ0) is 15.8. The minimum absolute atomic E-state index is 0.201. The molecule has 1 aliphatic heterocycles. The van der Waals surface area contributed by atoms with E-state index in [-0.39, 0.29) is 10.8 Å². The fourth-order valence-corrected chi connectivity index (χ4v) is 2.84. The van der Waals surface area contributed by atoms with Gasteiger partial charge in [-0.2, -0.15) is 0 Å². The van der Waals surface area contributed by atoms with Gasteiger partial charge in [0.15, 0.2) is 5.11 Å². The Bertz CT molecular complexity index is 468. The number of thiocarbonyl (C=S) groups is 1. The number of hydrogen-bond donors (Lipinski definition) is 2. The predicted molar refractivity (Wildman–Crippen MR) is 90.1 cm³/mol. The number of hydrogen-bond acceptors (Lipinski definition) is 2. The van der Waals surface area contributed by atoms with Gasteiger partial charge < -0.3 is 15.5 Å². The summed E-state index contributed by atoms with van der Waals surface area (Å²) in [5.41, 5.74) is -0.201. The Hall–Kier alpha value is -1.27. The molecule has 1 fully saturated rings. The Labute approximate surface area is 136 Å². The minimum Gasteiger partial charge on any atom is -0.362 e. The standard InChI is InChI=1S/C16H23F2N3S/c17-13-7-5-8-14(18)15(13)20-16(22)19-9-6-12-21-10-3-1-2-4-11-21/h5,7-8H,1-4,6,9-12H2,(H2,19,20,22). The summed E-state index contributed by atoms with van der Waals surface area (Å²) in [6.45, 7) is 4.06. The third kappa shape index (κ3) is 5.50. The van der Waals surface area contributed by atoms with Gasteiger partial charge >= 0.3 is 0 Å². The monoisotopic (exact) mass is 327 g/mol. The SMILES string of the molecule is Fc1cccc(F)c1NC(=S)NCCCN1CCCCCC1. The van der Waals surface area contributed by atoms with Crippen molar-refractivity contribution in [2.75, 3.05) is 31.5 Å². The number of nitrogens with one attached hydrogen (secondary N) is 2. The third-order valence-electron chi connectivity index (χ3n) is 3.84. The molecule has 122 valence electrons. The Kier molecular flexibility index (Phi) is 6.99. The maximum Gasteiger partial charge on any atom is 0.170 e. The van der Waals surface area contributed by atoms with E-state index in [1.54, 1.807) is 0 Å². The van der Waals surface area contributed by atoms with Crippen molar-refractivity contribution in [3.8, 4) is 0 Å². The summed E-state index contributed by atoms with van der Waals surface area (Å²) in [7, 11) is 0. The van der Waals surface area contributed by atoms with Crippen LogP contribution in [0.15, 0.2) is 18.2 Å². The molecule has 0 atom stereocenters. The third-order valence-corrected chi connectivity index (χ3v) is 4.08. The number of anilines is 1. The van der Waals surface area contributed by atoms with Crippen molar-refractivity contribution in [3.05, 3.63) is 29.8 Å². The molecule has 1 heterocycles. The molecular weight excluding hydrogens is 304 g/mol. The van der Waals surface area contributed by atoms with Crippen molar-refractivity contribution in [1.82, 2.24) is 10.2 Å². The number of rotatable bonds is 5. The molecule has 0 aromatic heterocycles. The Balaban J connectivity index is 1.67. The van der Waals surface area contributed by atoms with Gasteiger partial charge in [0.2, 0.25) is 0 Å². The lowest BCUT2D eigenvalue weighted by Gasteiger charge is -2.20. The van der Waals surface area contributed by atoms with Gasteiger partial charge in [-0.15, -0.1) is 0 Å². The number of nitrogens with zero attached hydrogens (tertiary/aromatic N) is 1. The van der Waals surface area contributed by atoms with Gasteiger partial charge in [-0.1, -0.05) is 18.9 Å². The number of para-hydroxylation sites is 1. The van der Waals surface area contributed by atoms with Gasteiger partial charge in [-0.05, 0) is 63.2 Å². The highest BCUT2D eigenvalue weighted by Gasteiger charge is 2.10. The van der Waals surface area contributed by atoms with Gasteiger partial charge in [0.05, 0.1) is 0 Å². The van der Waals surface area contributed by atoms with Crippen LogP contribution in [-0.2, 0) is 0 Å². The molecule has 1 aromatic carbocycles. The molecule has 0 spiro atoms. The number of likely N-dealkylation sites (tertiary alicyclic amines) is 1. The summed E-state index contributed by atoms with van der Waals surface area (Å²) >= 11 is 5.08. The molecule has 1 aliphatic rings. The molecule has 0 radical (unpaired) electrons. The summed E-state index contributed by atoms with van der Waals surface area (Å²) in [6, 6.07) is 3.73. The fourth-order valence-electron chi connectivity index (χ4n) is 2.64. The lowest BCUT2D eigenvalue weighted by Crippen LogP contribution is -2.33. The highest BCUT2D eigenvalue weighted by molar-refractivity contribution is 7.80. The van der Waals surface area contributed by atoms with Crippen LogP contribution in [-0.4, -0.2) is 36.2 Å². The molecular formula is C16H23F2N3S. The second-order valence-electron chi connectivity index (χ2n) is 5.59. The first-order valence-electron chi connectivity index (χ1n) is 7.88. The van der Waals surface area contributed by atoms with Crippen LogP contribution >= 0.6 is 12.2 Å². The Morgan fingerprint density at radius 3 is 2.36 bits per heavy atom. The van der Waals surface area contributed by atoms with Crippen molar-refractivity contribution in [2.24, 2.45) is 0 Å². The molecule has 0 bridgehead atoms. The molecule has 22 heavy (non-hydrogen) atoms. The van der Waals surface area contributed by atoms with Gasteiger partial charge in [0, 0.05) is 6.54 Å². The van der Waals surface area contributed by atoms with E-state index in [0.717, 1.165) is 13.0 Å². The summed E-state index contributed by atoms with van der Waals surface area (Å²) in [5, 5.41) is 5.83. The van der Waals surface area contributed by atoms with Crippen LogP contribution in [0.2, 0.25) is 0 Å². The van der Waals surface area contributed by atoms with E-state index in [1.807, 2.05) is 0 Å². The molecule has 3 nitrogen and oxygen atoms in total. The molecule has 2 rings (SSSR count). The maximum absolute atomic E-state index is 13.5. The average molecular weight is 327 g/mol. The van der Waals surface area contributed by atoms with Gasteiger partial charge in [0.25, 0.3) is 0 Å². The average Bonchev–Trinajstić information content (AvgIpc) is 2.76. The summed E-state index contributed by atoms with van der Waals surface area (Å²) in [4.78, 5) is 2.47. The summed E-state index contributed by atoms with van der Waals surface area (Å²) < 4.78 is 27.0. The zero-order valence-corrected chi connectivity index (χ0v) is 13.5. The van der Waals surface area contributed by atoms with Crippen LogP contribution in [0.5, 0.6) is 0 Å². The molecule has 1 aromatic rings. The highest BCUT2D eigenvalue weighted by atomic mass is 32.1. The summed E-state index contributed by atoms with van der Waals surface area (Å²) in [5.74, 6) is -1.29. The van der Waals surface area contributed by atoms with Crippen LogP contribution in [0.1, 0.15) is 32.1 Å². The van der Waals surface area contributed by atoms with Crippen molar-refractivity contribution in [1.29, 1.82) is 0 Å². The lowest BCUT2D eigenvalue weighted by atomic mass is 10.2. The largest absolute Gasteiger partial charge is 0.362 e. The molecule has 0 aliphatic carbocycles. The first kappa shape index (κ1) is 17.1. The molecule has 0 unspecified atom stereocenters. The topological polar surface area (TPSA) is 27.3 Å². The fraction of sp³-hybridized carbons (Fsp3) is 0.562. The van der Waals surface area contributed by atoms with Gasteiger partial charge in [0.1, 0.15) is 17.3 Å². The van der Waals surface area contributed by atoms with Crippen molar-refractivity contribution in [2.45, 2.75) is 32.1 Å². The van der Waals surface area contributed by atoms with Crippen LogP contribution in [0, 0.1) is 11.6 Å². The molecule has 2 N–H and O–H groups in total. The number of benzene rings is 1. The van der Waals surface area contributed by atoms with Gasteiger partial charge in [-0.25, -0.2) is 8.78 Å². The quantitative estimate of drug-likeness (QED) is 0.639. The molecule has 6 heteroatoms. The predicted octanol–water partition coefficient (Wildman–Crippen LogP) is 3.52. The van der Waals surface area contributed by atoms with E-state index in [1.165, 1.54) is 57.0 Å². The highest BCUT2D eigenvalue weighted by Crippen LogP contribution is 2.17. The minimum atomic E-state index is -0.645. The van der Waals surface area contributed by atoms with E-state index >= 15 is 0 Å². The second kappa shape index (κ2) is 9.00. The van der Waals surface area contributed by atoms with Crippen LogP contribution in [0.3, 0.4) is 0 Å². The van der Waals surface area contributed by atoms with Crippen LogP contribution in [0.25, 0.3) is 0 Å². The van der Waals surface area contributed by atoms with E-state index in [0.29, 0.717) is 6.54 Å².